The van der Waals surface area contributed by atoms with Crippen LogP contribution in [0, 0.1) is 17.5 Å². The summed E-state index contributed by atoms with van der Waals surface area (Å²) in [6.07, 6.45) is -1.01. The predicted octanol–water partition coefficient (Wildman–Crippen LogP) is 4.91. The molecule has 0 heterocycles. The van der Waals surface area contributed by atoms with Gasteiger partial charge in [-0.1, -0.05) is 18.2 Å². The third kappa shape index (κ3) is 3.07. The summed E-state index contributed by atoms with van der Waals surface area (Å²) in [5, 5.41) is 10.1. The van der Waals surface area contributed by atoms with Crippen LogP contribution in [0.5, 0.6) is 0 Å². The van der Waals surface area contributed by atoms with E-state index in [-0.39, 0.29) is 20.9 Å². The lowest BCUT2D eigenvalue weighted by Gasteiger charge is -2.15. The van der Waals surface area contributed by atoms with E-state index >= 15 is 0 Å². The van der Waals surface area contributed by atoms with Crippen molar-refractivity contribution in [3.63, 3.8) is 0 Å². The van der Waals surface area contributed by atoms with Gasteiger partial charge in [0.15, 0.2) is 11.6 Å². The van der Waals surface area contributed by atoms with E-state index < -0.39 is 23.6 Å². The number of hydrogen-bond acceptors (Lipinski definition) is 1. The molecule has 1 N–H and O–H groups in total. The zero-order chi connectivity index (χ0) is 14.9. The van der Waals surface area contributed by atoms with Crippen molar-refractivity contribution in [2.45, 2.75) is 12.5 Å². The second-order valence-electron chi connectivity index (χ2n) is 4.20. The maximum Gasteiger partial charge on any atom is 0.173 e. The number of rotatable bonds is 3. The third-order valence-electron chi connectivity index (χ3n) is 2.87. The summed E-state index contributed by atoms with van der Waals surface area (Å²) in [5.41, 5.74) is 0.745. The fourth-order valence-electron chi connectivity index (χ4n) is 1.82. The van der Waals surface area contributed by atoms with Crippen LogP contribution in [-0.4, -0.2) is 5.11 Å². The van der Waals surface area contributed by atoms with Crippen LogP contribution >= 0.6 is 31.9 Å². The molecule has 2 aromatic rings. The minimum atomic E-state index is -1.09. The summed E-state index contributed by atoms with van der Waals surface area (Å²) in [5.74, 6) is -2.50. The van der Waals surface area contributed by atoms with Crippen LogP contribution in [-0.2, 0) is 6.42 Å². The minimum absolute atomic E-state index is 0.0714. The first-order chi connectivity index (χ1) is 9.41. The summed E-state index contributed by atoms with van der Waals surface area (Å²) in [6, 6.07) is 6.68. The maximum atomic E-state index is 13.4. The van der Waals surface area contributed by atoms with E-state index in [0.717, 1.165) is 6.07 Å². The van der Waals surface area contributed by atoms with Gasteiger partial charge < -0.3 is 5.11 Å². The Hall–Kier alpha value is -0.850. The fraction of sp³-hybridized carbons (Fsp3) is 0.143. The van der Waals surface area contributed by atoms with E-state index in [9.17, 15) is 18.3 Å². The van der Waals surface area contributed by atoms with Crippen LogP contribution in [0.25, 0.3) is 0 Å². The molecule has 2 rings (SSSR count). The molecule has 0 fully saturated rings. The van der Waals surface area contributed by atoms with Crippen LogP contribution in [0.3, 0.4) is 0 Å². The molecule has 20 heavy (non-hydrogen) atoms. The zero-order valence-corrected chi connectivity index (χ0v) is 13.2. The van der Waals surface area contributed by atoms with Crippen molar-refractivity contribution >= 4 is 31.9 Å². The number of halogens is 5. The van der Waals surface area contributed by atoms with Crippen LogP contribution in [0.2, 0.25) is 0 Å². The maximum absolute atomic E-state index is 13.4. The molecule has 0 aromatic heterocycles. The Morgan fingerprint density at radius 2 is 1.65 bits per heavy atom. The molecule has 106 valence electrons. The summed E-state index contributed by atoms with van der Waals surface area (Å²) in [4.78, 5) is 0. The van der Waals surface area contributed by atoms with Crippen molar-refractivity contribution in [2.75, 3.05) is 0 Å². The van der Waals surface area contributed by atoms with E-state index in [1.54, 1.807) is 6.07 Å². The Kier molecular flexibility index (Phi) is 4.88. The molecule has 2 aromatic carbocycles. The highest BCUT2D eigenvalue weighted by molar-refractivity contribution is 9.10. The number of aliphatic hydroxyl groups excluding tert-OH is 1. The zero-order valence-electron chi connectivity index (χ0n) is 10.0. The Morgan fingerprint density at radius 1 is 0.950 bits per heavy atom. The molecule has 0 amide bonds. The van der Waals surface area contributed by atoms with Gasteiger partial charge in [0, 0.05) is 6.42 Å². The molecule has 0 aliphatic heterocycles. The van der Waals surface area contributed by atoms with Gasteiger partial charge in [0.25, 0.3) is 0 Å². The highest BCUT2D eigenvalue weighted by Gasteiger charge is 2.19. The van der Waals surface area contributed by atoms with Gasteiger partial charge in [0.05, 0.1) is 15.0 Å². The van der Waals surface area contributed by atoms with Crippen molar-refractivity contribution in [3.8, 4) is 0 Å². The molecular weight excluding hydrogens is 401 g/mol. The smallest absolute Gasteiger partial charge is 0.173 e. The second kappa shape index (κ2) is 6.28. The summed E-state index contributed by atoms with van der Waals surface area (Å²) in [7, 11) is 0. The average molecular weight is 410 g/mol. The lowest BCUT2D eigenvalue weighted by atomic mass is 10.0. The van der Waals surface area contributed by atoms with Gasteiger partial charge in [-0.15, -0.1) is 0 Å². The molecule has 0 saturated heterocycles. The molecule has 0 saturated carbocycles. The Labute approximate surface area is 130 Å². The molecule has 0 aliphatic carbocycles. The number of benzene rings is 2. The molecular formula is C14H9Br2F3O. The average Bonchev–Trinajstić information content (AvgIpc) is 2.41. The highest BCUT2D eigenvalue weighted by Crippen LogP contribution is 2.31. The molecule has 1 unspecified atom stereocenters. The van der Waals surface area contributed by atoms with E-state index in [1.807, 2.05) is 0 Å². The summed E-state index contributed by atoms with van der Waals surface area (Å²) >= 11 is 6.01. The summed E-state index contributed by atoms with van der Waals surface area (Å²) < 4.78 is 40.0. The molecule has 0 radical (unpaired) electrons. The Balaban J connectivity index is 2.31. The van der Waals surface area contributed by atoms with Crippen molar-refractivity contribution in [3.05, 3.63) is 67.9 Å². The predicted molar refractivity (Wildman–Crippen MR) is 76.8 cm³/mol. The van der Waals surface area contributed by atoms with E-state index in [2.05, 4.69) is 31.9 Å². The lowest BCUT2D eigenvalue weighted by Crippen LogP contribution is -2.05. The van der Waals surface area contributed by atoms with E-state index in [1.165, 1.54) is 18.2 Å². The standard InChI is InChI=1S/C14H9Br2F3O/c15-12-7(2-1-3-9(12)17)6-11(20)8-4-5-10(18)14(19)13(8)16/h1-5,11,20H,6H2. The van der Waals surface area contributed by atoms with Crippen LogP contribution in [0.4, 0.5) is 13.2 Å². The quantitative estimate of drug-likeness (QED) is 0.714. The van der Waals surface area contributed by atoms with Gasteiger partial charge in [0.2, 0.25) is 0 Å². The topological polar surface area (TPSA) is 20.2 Å². The first-order valence-corrected chi connectivity index (χ1v) is 7.24. The van der Waals surface area contributed by atoms with Crippen molar-refractivity contribution in [2.24, 2.45) is 0 Å². The molecule has 1 nitrogen and oxygen atoms in total. The SMILES string of the molecule is OC(Cc1cccc(F)c1Br)c1ccc(F)c(F)c1Br. The first kappa shape index (κ1) is 15.5. The largest absolute Gasteiger partial charge is 0.388 e. The first-order valence-electron chi connectivity index (χ1n) is 5.66. The van der Waals surface area contributed by atoms with Crippen LogP contribution in [0.1, 0.15) is 17.2 Å². The van der Waals surface area contributed by atoms with Crippen molar-refractivity contribution < 1.29 is 18.3 Å². The van der Waals surface area contributed by atoms with E-state index in [4.69, 9.17) is 0 Å². The second-order valence-corrected chi connectivity index (χ2v) is 5.78. The van der Waals surface area contributed by atoms with Crippen LogP contribution < -0.4 is 0 Å². The lowest BCUT2D eigenvalue weighted by molar-refractivity contribution is 0.176. The molecule has 0 aliphatic rings. The van der Waals surface area contributed by atoms with Gasteiger partial charge >= 0.3 is 0 Å². The molecule has 0 spiro atoms. The van der Waals surface area contributed by atoms with Crippen molar-refractivity contribution in [1.29, 1.82) is 0 Å². The Morgan fingerprint density at radius 3 is 2.35 bits per heavy atom. The van der Waals surface area contributed by atoms with Crippen LogP contribution in [0.15, 0.2) is 39.3 Å². The van der Waals surface area contributed by atoms with Gasteiger partial charge in [-0.3, -0.25) is 0 Å². The normalized spacial score (nSPS) is 12.5. The molecule has 0 bridgehead atoms. The fourth-order valence-corrected chi connectivity index (χ4v) is 2.83. The molecule has 1 atom stereocenters. The summed E-state index contributed by atoms with van der Waals surface area (Å²) in [6.45, 7) is 0. The number of aliphatic hydroxyl groups is 1. The third-order valence-corrected chi connectivity index (χ3v) is 4.56. The van der Waals surface area contributed by atoms with E-state index in [0.29, 0.717) is 5.56 Å². The molecule has 6 heteroatoms. The van der Waals surface area contributed by atoms with Gasteiger partial charge in [0.1, 0.15) is 5.82 Å². The van der Waals surface area contributed by atoms with Gasteiger partial charge in [-0.2, -0.15) is 0 Å². The van der Waals surface area contributed by atoms with Gasteiger partial charge in [-0.05, 0) is 55.1 Å². The minimum Gasteiger partial charge on any atom is -0.388 e. The Bertz CT molecular complexity index is 647. The van der Waals surface area contributed by atoms with Crippen molar-refractivity contribution in [1.82, 2.24) is 0 Å². The highest BCUT2D eigenvalue weighted by atomic mass is 79.9. The number of hydrogen-bond donors (Lipinski definition) is 1. The monoisotopic (exact) mass is 408 g/mol. The van der Waals surface area contributed by atoms with Gasteiger partial charge in [-0.25, -0.2) is 13.2 Å².